The maximum absolute atomic E-state index is 11.0. The monoisotopic (exact) mass is 179 g/mol. The molecule has 0 amide bonds. The average Bonchev–Trinajstić information content (AvgIpc) is 1.84. The number of rotatable bonds is 5. The molecule has 0 saturated carbocycles. The lowest BCUT2D eigenvalue weighted by Crippen LogP contribution is -2.26. The molecule has 0 aromatic heterocycles. The van der Waals surface area contributed by atoms with E-state index in [2.05, 4.69) is 4.72 Å². The molecule has 0 fully saturated rings. The summed E-state index contributed by atoms with van der Waals surface area (Å²) >= 11 is 0. The molecule has 0 atom stereocenters. The minimum Gasteiger partial charge on any atom is -0.216 e. The fourth-order valence-electron chi connectivity index (χ4n) is 0.683. The highest BCUT2D eigenvalue weighted by atomic mass is 32.2. The Bertz CT molecular complexity index is 185. The zero-order valence-electron chi connectivity index (χ0n) is 7.42. The molecule has 0 heterocycles. The third-order valence-electron chi connectivity index (χ3n) is 1.33. The van der Waals surface area contributed by atoms with Crippen molar-refractivity contribution in [3.05, 3.63) is 0 Å². The first-order chi connectivity index (χ1) is 4.98. The van der Waals surface area contributed by atoms with Gasteiger partial charge in [-0.1, -0.05) is 20.8 Å². The van der Waals surface area contributed by atoms with Crippen LogP contribution in [-0.2, 0) is 10.0 Å². The molecule has 0 spiro atoms. The molecule has 1 N–H and O–H groups in total. The van der Waals surface area contributed by atoms with E-state index in [9.17, 15) is 8.42 Å². The Balaban J connectivity index is 3.74. The lowest BCUT2D eigenvalue weighted by molar-refractivity contribution is 0.563. The van der Waals surface area contributed by atoms with E-state index in [-0.39, 0.29) is 5.75 Å². The molecule has 0 aromatic carbocycles. The number of hydrogen-bond donors (Lipinski definition) is 1. The van der Waals surface area contributed by atoms with Crippen molar-refractivity contribution >= 4 is 10.0 Å². The predicted molar refractivity (Wildman–Crippen MR) is 46.9 cm³/mol. The molecule has 0 bridgehead atoms. The predicted octanol–water partition coefficient (Wildman–Crippen LogP) is 0.972. The van der Waals surface area contributed by atoms with Gasteiger partial charge < -0.3 is 0 Å². The Labute approximate surface area is 69.2 Å². The van der Waals surface area contributed by atoms with Gasteiger partial charge in [0.25, 0.3) is 0 Å². The van der Waals surface area contributed by atoms with E-state index < -0.39 is 10.0 Å². The summed E-state index contributed by atoms with van der Waals surface area (Å²) in [5.74, 6) is 0.696. The molecule has 3 nitrogen and oxygen atoms in total. The largest absolute Gasteiger partial charge is 0.216 e. The van der Waals surface area contributed by atoms with Gasteiger partial charge in [0.1, 0.15) is 0 Å². The van der Waals surface area contributed by atoms with Gasteiger partial charge in [-0.15, -0.1) is 0 Å². The van der Waals surface area contributed by atoms with Crippen LogP contribution in [0.25, 0.3) is 0 Å². The van der Waals surface area contributed by atoms with E-state index in [0.717, 1.165) is 6.42 Å². The molecule has 0 aliphatic rings. The second kappa shape index (κ2) is 4.72. The van der Waals surface area contributed by atoms with Crippen LogP contribution in [-0.4, -0.2) is 20.7 Å². The molecule has 4 heteroatoms. The fourth-order valence-corrected chi connectivity index (χ4v) is 2.05. The fraction of sp³-hybridized carbons (Fsp3) is 1.00. The number of nitrogens with one attached hydrogen (secondary N) is 1. The van der Waals surface area contributed by atoms with Crippen LogP contribution in [0.5, 0.6) is 0 Å². The Morgan fingerprint density at radius 2 is 1.91 bits per heavy atom. The molecule has 68 valence electrons. The molecule has 0 unspecified atom stereocenters. The van der Waals surface area contributed by atoms with E-state index in [0.29, 0.717) is 12.5 Å². The maximum Gasteiger partial charge on any atom is 0.211 e. The summed E-state index contributed by atoms with van der Waals surface area (Å²) in [4.78, 5) is 0. The zero-order chi connectivity index (χ0) is 8.91. The van der Waals surface area contributed by atoms with Crippen molar-refractivity contribution in [2.75, 3.05) is 12.3 Å². The molecule has 0 saturated heterocycles. The molecular weight excluding hydrogens is 162 g/mol. The van der Waals surface area contributed by atoms with Crippen LogP contribution in [0.4, 0.5) is 0 Å². The van der Waals surface area contributed by atoms with Crippen LogP contribution in [0.15, 0.2) is 0 Å². The molecule has 0 aliphatic heterocycles. The molecule has 0 aromatic rings. The van der Waals surface area contributed by atoms with Crippen molar-refractivity contribution in [3.8, 4) is 0 Å². The summed E-state index contributed by atoms with van der Waals surface area (Å²) in [6.07, 6.45) is 0.731. The van der Waals surface area contributed by atoms with Crippen molar-refractivity contribution in [2.24, 2.45) is 5.92 Å². The second-order valence-corrected chi connectivity index (χ2v) is 4.93. The van der Waals surface area contributed by atoms with Crippen molar-refractivity contribution < 1.29 is 8.42 Å². The van der Waals surface area contributed by atoms with Gasteiger partial charge >= 0.3 is 0 Å². The first-order valence-electron chi connectivity index (χ1n) is 3.95. The highest BCUT2D eigenvalue weighted by Gasteiger charge is 2.08. The summed E-state index contributed by atoms with van der Waals surface area (Å²) in [5.41, 5.74) is 0. The van der Waals surface area contributed by atoms with Gasteiger partial charge in [0.2, 0.25) is 10.0 Å². The smallest absolute Gasteiger partial charge is 0.211 e. The molecule has 0 rings (SSSR count). The summed E-state index contributed by atoms with van der Waals surface area (Å²) in [6, 6.07) is 0. The van der Waals surface area contributed by atoms with Crippen molar-refractivity contribution in [2.45, 2.75) is 27.2 Å². The first-order valence-corrected chi connectivity index (χ1v) is 5.60. The van der Waals surface area contributed by atoms with Gasteiger partial charge in [-0.25, -0.2) is 13.1 Å². The Hall–Kier alpha value is -0.0900. The van der Waals surface area contributed by atoms with E-state index in [1.54, 1.807) is 6.92 Å². The third-order valence-corrected chi connectivity index (χ3v) is 2.83. The maximum atomic E-state index is 11.0. The van der Waals surface area contributed by atoms with Gasteiger partial charge in [0.05, 0.1) is 5.75 Å². The number of sulfonamides is 1. The topological polar surface area (TPSA) is 46.2 Å². The Morgan fingerprint density at radius 1 is 1.36 bits per heavy atom. The van der Waals surface area contributed by atoms with Crippen LogP contribution in [0.3, 0.4) is 0 Å². The van der Waals surface area contributed by atoms with Crippen molar-refractivity contribution in [1.29, 1.82) is 0 Å². The highest BCUT2D eigenvalue weighted by Crippen LogP contribution is 2.01. The number of hydrogen-bond acceptors (Lipinski definition) is 2. The van der Waals surface area contributed by atoms with Crippen LogP contribution in [0.1, 0.15) is 27.2 Å². The van der Waals surface area contributed by atoms with E-state index >= 15 is 0 Å². The van der Waals surface area contributed by atoms with Gasteiger partial charge in [-0.3, -0.25) is 0 Å². The SMILES string of the molecule is CCNS(=O)(=O)CCC(C)C. The first kappa shape index (κ1) is 10.9. The molecule has 0 radical (unpaired) electrons. The summed E-state index contributed by atoms with van der Waals surface area (Å²) < 4.78 is 24.5. The summed E-state index contributed by atoms with van der Waals surface area (Å²) in [7, 11) is -2.98. The van der Waals surface area contributed by atoms with Crippen LogP contribution < -0.4 is 4.72 Å². The Kier molecular flexibility index (Phi) is 4.68. The third kappa shape index (κ3) is 6.31. The summed E-state index contributed by atoms with van der Waals surface area (Å²) in [5, 5.41) is 0. The Morgan fingerprint density at radius 3 is 2.27 bits per heavy atom. The lowest BCUT2D eigenvalue weighted by atomic mass is 10.2. The normalized spacial score (nSPS) is 12.4. The minimum atomic E-state index is -2.98. The molecule has 11 heavy (non-hydrogen) atoms. The van der Waals surface area contributed by atoms with Crippen LogP contribution in [0, 0.1) is 5.92 Å². The average molecular weight is 179 g/mol. The van der Waals surface area contributed by atoms with Crippen LogP contribution in [0.2, 0.25) is 0 Å². The zero-order valence-corrected chi connectivity index (χ0v) is 8.24. The van der Waals surface area contributed by atoms with Gasteiger partial charge in [0, 0.05) is 6.54 Å². The van der Waals surface area contributed by atoms with Crippen molar-refractivity contribution in [3.63, 3.8) is 0 Å². The lowest BCUT2D eigenvalue weighted by Gasteiger charge is -2.05. The molecule has 0 aliphatic carbocycles. The second-order valence-electron chi connectivity index (χ2n) is 3.00. The highest BCUT2D eigenvalue weighted by molar-refractivity contribution is 7.89. The minimum absolute atomic E-state index is 0.249. The van der Waals surface area contributed by atoms with Gasteiger partial charge in [-0.2, -0.15) is 0 Å². The van der Waals surface area contributed by atoms with Crippen molar-refractivity contribution in [1.82, 2.24) is 4.72 Å². The van der Waals surface area contributed by atoms with E-state index in [4.69, 9.17) is 0 Å². The quantitative estimate of drug-likeness (QED) is 0.683. The van der Waals surface area contributed by atoms with Crippen LogP contribution >= 0.6 is 0 Å². The van der Waals surface area contributed by atoms with E-state index in [1.165, 1.54) is 0 Å². The van der Waals surface area contributed by atoms with Gasteiger partial charge in [0.15, 0.2) is 0 Å². The van der Waals surface area contributed by atoms with Gasteiger partial charge in [-0.05, 0) is 12.3 Å². The standard InChI is InChI=1S/C7H17NO2S/c1-4-8-11(9,10)6-5-7(2)3/h7-8H,4-6H2,1-3H3. The summed E-state index contributed by atoms with van der Waals surface area (Å²) in [6.45, 7) is 6.30. The molecular formula is C7H17NO2S. The van der Waals surface area contributed by atoms with E-state index in [1.807, 2.05) is 13.8 Å².